The standard InChI is InChI=1S/C10H16F2N2O3/c1-10(2,3)17-9(15)14-4-7(5-14)13-16-6-8(11)12/h8H,4-6H2,1-3H3. The summed E-state index contributed by atoms with van der Waals surface area (Å²) < 4.78 is 28.5. The van der Waals surface area contributed by atoms with Gasteiger partial charge in [0.25, 0.3) is 6.43 Å². The molecule has 1 saturated heterocycles. The van der Waals surface area contributed by atoms with Crippen LogP contribution in [0.25, 0.3) is 0 Å². The summed E-state index contributed by atoms with van der Waals surface area (Å²) >= 11 is 0. The first-order valence-corrected chi connectivity index (χ1v) is 5.22. The number of carbonyl (C=O) groups excluding carboxylic acids is 1. The highest BCUT2D eigenvalue weighted by atomic mass is 19.3. The average molecular weight is 250 g/mol. The van der Waals surface area contributed by atoms with Gasteiger partial charge in [0, 0.05) is 0 Å². The van der Waals surface area contributed by atoms with Crippen molar-refractivity contribution in [2.75, 3.05) is 19.7 Å². The van der Waals surface area contributed by atoms with Crippen molar-refractivity contribution >= 4 is 11.8 Å². The molecule has 98 valence electrons. The molecule has 17 heavy (non-hydrogen) atoms. The van der Waals surface area contributed by atoms with Crippen molar-refractivity contribution in [3.05, 3.63) is 0 Å². The van der Waals surface area contributed by atoms with E-state index in [4.69, 9.17) is 4.74 Å². The molecule has 0 radical (unpaired) electrons. The topological polar surface area (TPSA) is 51.1 Å². The van der Waals surface area contributed by atoms with Crippen LogP contribution in [0.4, 0.5) is 13.6 Å². The maximum absolute atomic E-state index is 11.7. The molecule has 0 aromatic heterocycles. The molecule has 1 fully saturated rings. The van der Waals surface area contributed by atoms with Crippen molar-refractivity contribution in [1.29, 1.82) is 0 Å². The van der Waals surface area contributed by atoms with Gasteiger partial charge in [-0.25, -0.2) is 13.6 Å². The van der Waals surface area contributed by atoms with Gasteiger partial charge in [-0.2, -0.15) is 0 Å². The third kappa shape index (κ3) is 4.97. The van der Waals surface area contributed by atoms with E-state index in [2.05, 4.69) is 9.99 Å². The number of oxime groups is 1. The molecule has 0 spiro atoms. The van der Waals surface area contributed by atoms with Crippen LogP contribution in [0, 0.1) is 0 Å². The minimum Gasteiger partial charge on any atom is -0.444 e. The molecule has 1 rings (SSSR count). The highest BCUT2D eigenvalue weighted by Crippen LogP contribution is 2.13. The van der Waals surface area contributed by atoms with Crippen LogP contribution in [0.15, 0.2) is 5.16 Å². The SMILES string of the molecule is CC(C)(C)OC(=O)N1CC(=NOCC(F)F)C1. The Labute approximate surface area is 98.3 Å². The molecule has 0 saturated carbocycles. The number of carbonyl (C=O) groups is 1. The van der Waals surface area contributed by atoms with Gasteiger partial charge in [0.1, 0.15) is 5.60 Å². The Morgan fingerprint density at radius 2 is 2.06 bits per heavy atom. The van der Waals surface area contributed by atoms with Crippen molar-refractivity contribution in [2.45, 2.75) is 32.8 Å². The second-order valence-electron chi connectivity index (χ2n) is 4.68. The summed E-state index contributed by atoms with van der Waals surface area (Å²) in [6, 6.07) is 0. The molecule has 1 aliphatic rings. The Kier molecular flexibility index (Phi) is 4.25. The van der Waals surface area contributed by atoms with E-state index in [1.807, 2.05) is 0 Å². The highest BCUT2D eigenvalue weighted by Gasteiger charge is 2.31. The Morgan fingerprint density at radius 3 is 2.53 bits per heavy atom. The lowest BCUT2D eigenvalue weighted by atomic mass is 10.2. The van der Waals surface area contributed by atoms with Crippen LogP contribution >= 0.6 is 0 Å². The maximum Gasteiger partial charge on any atom is 0.410 e. The van der Waals surface area contributed by atoms with E-state index in [1.54, 1.807) is 20.8 Å². The fraction of sp³-hybridized carbons (Fsp3) is 0.800. The normalized spacial score (nSPS) is 15.6. The van der Waals surface area contributed by atoms with E-state index < -0.39 is 24.7 Å². The van der Waals surface area contributed by atoms with Gasteiger partial charge in [-0.3, -0.25) is 4.90 Å². The highest BCUT2D eigenvalue weighted by molar-refractivity contribution is 5.98. The number of likely N-dealkylation sites (tertiary alicyclic amines) is 1. The minimum atomic E-state index is -2.54. The zero-order chi connectivity index (χ0) is 13.1. The number of hydrogen-bond donors (Lipinski definition) is 0. The zero-order valence-electron chi connectivity index (χ0n) is 10.1. The molecule has 7 heteroatoms. The van der Waals surface area contributed by atoms with Gasteiger partial charge in [0.15, 0.2) is 6.61 Å². The van der Waals surface area contributed by atoms with Crippen molar-refractivity contribution in [3.8, 4) is 0 Å². The molecule has 0 unspecified atom stereocenters. The Hall–Kier alpha value is -1.40. The third-order valence-corrected chi connectivity index (χ3v) is 1.79. The minimum absolute atomic E-state index is 0.262. The predicted octanol–water partition coefficient (Wildman–Crippen LogP) is 1.87. The van der Waals surface area contributed by atoms with Gasteiger partial charge in [-0.05, 0) is 20.8 Å². The number of hydrogen-bond acceptors (Lipinski definition) is 4. The summed E-state index contributed by atoms with van der Waals surface area (Å²) in [5, 5.41) is 3.49. The Bertz CT molecular complexity index is 305. The lowest BCUT2D eigenvalue weighted by molar-refractivity contribution is 0.0139. The maximum atomic E-state index is 11.7. The number of alkyl halides is 2. The van der Waals surface area contributed by atoms with Gasteiger partial charge < -0.3 is 9.57 Å². The third-order valence-electron chi connectivity index (χ3n) is 1.79. The summed E-state index contributed by atoms with van der Waals surface area (Å²) in [6.45, 7) is 5.11. The van der Waals surface area contributed by atoms with Gasteiger partial charge in [-0.15, -0.1) is 0 Å². The first-order chi connectivity index (χ1) is 7.78. The van der Waals surface area contributed by atoms with Crippen molar-refractivity contribution in [3.63, 3.8) is 0 Å². The van der Waals surface area contributed by atoms with Gasteiger partial charge in [0.05, 0.1) is 18.8 Å². The van der Waals surface area contributed by atoms with E-state index in [1.165, 1.54) is 4.90 Å². The molecule has 0 aromatic rings. The summed E-state index contributed by atoms with van der Waals surface area (Å²) in [6.07, 6.45) is -2.98. The first-order valence-electron chi connectivity index (χ1n) is 5.22. The summed E-state index contributed by atoms with van der Waals surface area (Å²) in [4.78, 5) is 17.3. The largest absolute Gasteiger partial charge is 0.444 e. The fourth-order valence-electron chi connectivity index (χ4n) is 1.09. The summed E-state index contributed by atoms with van der Waals surface area (Å²) in [5.41, 5.74) is 0.00684. The smallest absolute Gasteiger partial charge is 0.410 e. The van der Waals surface area contributed by atoms with E-state index in [-0.39, 0.29) is 13.1 Å². The monoisotopic (exact) mass is 250 g/mol. The molecular formula is C10H16F2N2O3. The van der Waals surface area contributed by atoms with Crippen LogP contribution in [-0.2, 0) is 9.57 Å². The molecule has 0 aliphatic carbocycles. The van der Waals surface area contributed by atoms with Crippen LogP contribution in [0.3, 0.4) is 0 Å². The van der Waals surface area contributed by atoms with E-state index >= 15 is 0 Å². The van der Waals surface area contributed by atoms with E-state index in [0.717, 1.165) is 0 Å². The van der Waals surface area contributed by atoms with E-state index in [9.17, 15) is 13.6 Å². The van der Waals surface area contributed by atoms with Gasteiger partial charge in [0.2, 0.25) is 0 Å². The molecule has 1 heterocycles. The molecule has 0 N–H and O–H groups in total. The lowest BCUT2D eigenvalue weighted by Crippen LogP contribution is -2.52. The molecule has 0 bridgehead atoms. The van der Waals surface area contributed by atoms with Crippen LogP contribution in [0.5, 0.6) is 0 Å². The fourth-order valence-corrected chi connectivity index (χ4v) is 1.09. The number of amides is 1. The predicted molar refractivity (Wildman–Crippen MR) is 57.2 cm³/mol. The van der Waals surface area contributed by atoms with Crippen LogP contribution in [-0.4, -0.2) is 48.4 Å². The molecule has 1 amide bonds. The number of ether oxygens (including phenoxy) is 1. The molecular weight excluding hydrogens is 234 g/mol. The summed E-state index contributed by atoms with van der Waals surface area (Å²) in [7, 11) is 0. The number of halogens is 2. The molecule has 5 nitrogen and oxygen atoms in total. The number of rotatable bonds is 3. The lowest BCUT2D eigenvalue weighted by Gasteiger charge is -2.33. The Morgan fingerprint density at radius 1 is 1.47 bits per heavy atom. The van der Waals surface area contributed by atoms with Crippen molar-refractivity contribution in [1.82, 2.24) is 4.90 Å². The zero-order valence-corrected chi connectivity index (χ0v) is 10.1. The van der Waals surface area contributed by atoms with Crippen LogP contribution < -0.4 is 0 Å². The second-order valence-corrected chi connectivity index (χ2v) is 4.68. The number of nitrogens with zero attached hydrogens (tertiary/aromatic N) is 2. The molecule has 1 aliphatic heterocycles. The average Bonchev–Trinajstić information content (AvgIpc) is 2.04. The summed E-state index contributed by atoms with van der Waals surface area (Å²) in [5.74, 6) is 0. The second kappa shape index (κ2) is 5.29. The molecule has 0 aromatic carbocycles. The van der Waals surface area contributed by atoms with Crippen molar-refractivity contribution in [2.24, 2.45) is 5.16 Å². The van der Waals surface area contributed by atoms with Crippen LogP contribution in [0.2, 0.25) is 0 Å². The first kappa shape index (κ1) is 13.7. The van der Waals surface area contributed by atoms with E-state index in [0.29, 0.717) is 5.71 Å². The Balaban J connectivity index is 2.25. The quantitative estimate of drug-likeness (QED) is 0.718. The molecule has 0 atom stereocenters. The van der Waals surface area contributed by atoms with Gasteiger partial charge >= 0.3 is 6.09 Å². The van der Waals surface area contributed by atoms with Crippen LogP contribution in [0.1, 0.15) is 20.8 Å². The van der Waals surface area contributed by atoms with Crippen molar-refractivity contribution < 1.29 is 23.1 Å². The van der Waals surface area contributed by atoms with Gasteiger partial charge in [-0.1, -0.05) is 5.16 Å².